The Hall–Kier alpha value is -3.64. The van der Waals surface area contributed by atoms with Crippen LogP contribution in [0.25, 0.3) is 10.8 Å². The third-order valence-electron chi connectivity index (χ3n) is 6.18. The first kappa shape index (κ1) is 22.2. The summed E-state index contributed by atoms with van der Waals surface area (Å²) in [6.45, 7) is 3.89. The van der Waals surface area contributed by atoms with Gasteiger partial charge in [0, 0.05) is 54.2 Å². The van der Waals surface area contributed by atoms with Gasteiger partial charge in [0.05, 0.1) is 0 Å². The van der Waals surface area contributed by atoms with E-state index in [2.05, 4.69) is 43.5 Å². The van der Waals surface area contributed by atoms with Gasteiger partial charge in [0.2, 0.25) is 0 Å². The average Bonchev–Trinajstić information content (AvgIpc) is 2.89. The van der Waals surface area contributed by atoms with E-state index >= 15 is 0 Å². The molecular formula is C27H26ClN5O. The summed E-state index contributed by atoms with van der Waals surface area (Å²) in [7, 11) is 0. The van der Waals surface area contributed by atoms with Crippen LogP contribution in [0.15, 0.2) is 78.9 Å². The van der Waals surface area contributed by atoms with Gasteiger partial charge in [-0.25, -0.2) is 0 Å². The molecular weight excluding hydrogens is 446 g/mol. The number of carbonyl (C=O) groups is 1. The Balaban J connectivity index is 1.30. The van der Waals surface area contributed by atoms with Gasteiger partial charge in [0.15, 0.2) is 11.5 Å². The maximum Gasteiger partial charge on any atom is 0.272 e. The Morgan fingerprint density at radius 2 is 1.53 bits per heavy atom. The summed E-state index contributed by atoms with van der Waals surface area (Å²) in [5.41, 5.74) is 2.68. The summed E-state index contributed by atoms with van der Waals surface area (Å²) in [6, 6.07) is 25.9. The molecule has 3 aromatic carbocycles. The molecule has 172 valence electrons. The molecule has 2 heterocycles. The second-order valence-corrected chi connectivity index (χ2v) is 8.80. The van der Waals surface area contributed by atoms with E-state index in [-0.39, 0.29) is 5.91 Å². The zero-order valence-corrected chi connectivity index (χ0v) is 19.6. The smallest absolute Gasteiger partial charge is 0.272 e. The van der Waals surface area contributed by atoms with Crippen LogP contribution in [0.4, 0.5) is 11.5 Å². The number of carbonyl (C=O) groups excluding carboxylic acids is 1. The normalized spacial score (nSPS) is 13.8. The lowest BCUT2D eigenvalue weighted by molar-refractivity contribution is 0.0950. The highest BCUT2D eigenvalue weighted by atomic mass is 35.5. The van der Waals surface area contributed by atoms with Gasteiger partial charge >= 0.3 is 0 Å². The summed E-state index contributed by atoms with van der Waals surface area (Å²) in [6.07, 6.45) is 0.771. The zero-order valence-electron chi connectivity index (χ0n) is 18.8. The van der Waals surface area contributed by atoms with E-state index in [0.29, 0.717) is 12.2 Å². The quantitative estimate of drug-likeness (QED) is 0.446. The molecule has 0 unspecified atom stereocenters. The van der Waals surface area contributed by atoms with Crippen molar-refractivity contribution < 1.29 is 4.79 Å². The van der Waals surface area contributed by atoms with Crippen molar-refractivity contribution >= 4 is 39.8 Å². The molecule has 1 amide bonds. The number of rotatable bonds is 6. The molecule has 0 atom stereocenters. The highest BCUT2D eigenvalue weighted by molar-refractivity contribution is 6.30. The summed E-state index contributed by atoms with van der Waals surface area (Å²) >= 11 is 6.17. The molecule has 0 bridgehead atoms. The number of hydrogen-bond donors (Lipinski definition) is 1. The minimum absolute atomic E-state index is 0.197. The molecule has 0 radical (unpaired) electrons. The minimum atomic E-state index is -0.197. The molecule has 34 heavy (non-hydrogen) atoms. The number of halogens is 1. The summed E-state index contributed by atoms with van der Waals surface area (Å²) in [5.74, 6) is 0.624. The fraction of sp³-hybridized carbons (Fsp3) is 0.222. The van der Waals surface area contributed by atoms with Crippen LogP contribution >= 0.6 is 11.6 Å². The average molecular weight is 472 g/mol. The first-order valence-electron chi connectivity index (χ1n) is 11.5. The number of anilines is 2. The van der Waals surface area contributed by atoms with E-state index in [1.165, 1.54) is 5.56 Å². The van der Waals surface area contributed by atoms with Crippen LogP contribution in [0.1, 0.15) is 16.1 Å². The topological polar surface area (TPSA) is 61.4 Å². The Kier molecular flexibility index (Phi) is 6.58. The van der Waals surface area contributed by atoms with E-state index in [0.717, 1.165) is 59.9 Å². The number of hydrogen-bond acceptors (Lipinski definition) is 5. The second-order valence-electron chi connectivity index (χ2n) is 8.36. The number of amides is 1. The van der Waals surface area contributed by atoms with Crippen LogP contribution in [0.2, 0.25) is 5.02 Å². The third-order valence-corrected chi connectivity index (χ3v) is 6.41. The highest BCUT2D eigenvalue weighted by Crippen LogP contribution is 2.28. The molecule has 1 aliphatic rings. The molecule has 1 N–H and O–H groups in total. The van der Waals surface area contributed by atoms with Gasteiger partial charge in [-0.05, 0) is 30.2 Å². The van der Waals surface area contributed by atoms with E-state index in [1.54, 1.807) is 0 Å². The zero-order chi connectivity index (χ0) is 23.3. The lowest BCUT2D eigenvalue weighted by Gasteiger charge is -2.37. The number of nitrogens with zero attached hydrogens (tertiary/aromatic N) is 4. The van der Waals surface area contributed by atoms with E-state index in [1.807, 2.05) is 60.7 Å². The van der Waals surface area contributed by atoms with E-state index in [4.69, 9.17) is 11.6 Å². The predicted molar refractivity (Wildman–Crippen MR) is 138 cm³/mol. The second kappa shape index (κ2) is 10.1. The van der Waals surface area contributed by atoms with Gasteiger partial charge in [-0.1, -0.05) is 72.3 Å². The van der Waals surface area contributed by atoms with Crippen LogP contribution < -0.4 is 15.1 Å². The first-order chi connectivity index (χ1) is 16.7. The Morgan fingerprint density at radius 1 is 0.824 bits per heavy atom. The largest absolute Gasteiger partial charge is 0.368 e. The Bertz CT molecular complexity index is 1290. The third kappa shape index (κ3) is 4.82. The van der Waals surface area contributed by atoms with Crippen LogP contribution in [0.3, 0.4) is 0 Å². The Morgan fingerprint density at radius 3 is 2.29 bits per heavy atom. The monoisotopic (exact) mass is 471 g/mol. The molecule has 5 rings (SSSR count). The fourth-order valence-electron chi connectivity index (χ4n) is 4.39. The van der Waals surface area contributed by atoms with Gasteiger partial charge in [-0.2, -0.15) is 0 Å². The maximum atomic E-state index is 12.9. The minimum Gasteiger partial charge on any atom is -0.368 e. The molecule has 4 aromatic rings. The molecule has 0 saturated carbocycles. The molecule has 1 saturated heterocycles. The predicted octanol–water partition coefficient (Wildman–Crippen LogP) is 4.58. The lowest BCUT2D eigenvalue weighted by atomic mass is 10.1. The van der Waals surface area contributed by atoms with Gasteiger partial charge in [0.1, 0.15) is 0 Å². The summed E-state index contributed by atoms with van der Waals surface area (Å²) < 4.78 is 0. The van der Waals surface area contributed by atoms with Crippen LogP contribution in [0, 0.1) is 0 Å². The molecule has 1 fully saturated rings. The van der Waals surface area contributed by atoms with Crippen molar-refractivity contribution in [2.45, 2.75) is 6.42 Å². The van der Waals surface area contributed by atoms with Crippen LogP contribution in [-0.4, -0.2) is 48.8 Å². The van der Waals surface area contributed by atoms with Gasteiger partial charge < -0.3 is 15.1 Å². The standard InChI is InChI=1S/C27H26ClN5O/c28-21-9-6-10-22(19-21)32-15-17-33(18-16-32)26-24-12-5-4-11-23(24)25(30-31-26)27(34)29-14-13-20-7-2-1-3-8-20/h1-12,19H,13-18H2,(H,29,34). The van der Waals surface area contributed by atoms with Crippen molar-refractivity contribution in [1.82, 2.24) is 15.5 Å². The van der Waals surface area contributed by atoms with Gasteiger partial charge in [0.25, 0.3) is 5.91 Å². The Labute approximate surface area is 204 Å². The molecule has 1 aliphatic heterocycles. The molecule has 0 aliphatic carbocycles. The number of nitrogens with one attached hydrogen (secondary N) is 1. The first-order valence-corrected chi connectivity index (χ1v) is 11.9. The number of benzene rings is 3. The van der Waals surface area contributed by atoms with E-state index < -0.39 is 0 Å². The van der Waals surface area contributed by atoms with Crippen molar-refractivity contribution in [2.24, 2.45) is 0 Å². The number of fused-ring (bicyclic) bond motifs is 1. The van der Waals surface area contributed by atoms with E-state index in [9.17, 15) is 4.79 Å². The molecule has 7 heteroatoms. The molecule has 1 aromatic heterocycles. The van der Waals surface area contributed by atoms with Crippen molar-refractivity contribution in [3.05, 3.63) is 95.1 Å². The fourth-order valence-corrected chi connectivity index (χ4v) is 4.57. The van der Waals surface area contributed by atoms with Crippen molar-refractivity contribution in [1.29, 1.82) is 0 Å². The van der Waals surface area contributed by atoms with Crippen molar-refractivity contribution in [3.8, 4) is 0 Å². The molecule has 6 nitrogen and oxygen atoms in total. The number of aromatic nitrogens is 2. The summed E-state index contributed by atoms with van der Waals surface area (Å²) in [5, 5.41) is 14.4. The van der Waals surface area contributed by atoms with Crippen LogP contribution in [0.5, 0.6) is 0 Å². The SMILES string of the molecule is O=C(NCCc1ccccc1)c1nnc(N2CCN(c3cccc(Cl)c3)CC2)c2ccccc12. The number of piperazine rings is 1. The lowest BCUT2D eigenvalue weighted by Crippen LogP contribution is -2.47. The highest BCUT2D eigenvalue weighted by Gasteiger charge is 2.23. The summed E-state index contributed by atoms with van der Waals surface area (Å²) in [4.78, 5) is 17.5. The van der Waals surface area contributed by atoms with Gasteiger partial charge in [-0.3, -0.25) is 4.79 Å². The molecule has 0 spiro atoms. The van der Waals surface area contributed by atoms with Crippen molar-refractivity contribution in [3.63, 3.8) is 0 Å². The van der Waals surface area contributed by atoms with Crippen LogP contribution in [-0.2, 0) is 6.42 Å². The van der Waals surface area contributed by atoms with Crippen molar-refractivity contribution in [2.75, 3.05) is 42.5 Å². The maximum absolute atomic E-state index is 12.9. The van der Waals surface area contributed by atoms with Gasteiger partial charge in [-0.15, -0.1) is 10.2 Å².